The first-order valence-electron chi connectivity index (χ1n) is 5.14. The predicted octanol–water partition coefficient (Wildman–Crippen LogP) is 2.15. The lowest BCUT2D eigenvalue weighted by Gasteiger charge is -2.40. The van der Waals surface area contributed by atoms with E-state index in [2.05, 4.69) is 0 Å². The van der Waals surface area contributed by atoms with Crippen LogP contribution in [0.15, 0.2) is 18.2 Å². The highest BCUT2D eigenvalue weighted by Gasteiger charge is 2.39. The predicted molar refractivity (Wildman–Crippen MR) is 55.7 cm³/mol. The Hall–Kier alpha value is -1.49. The van der Waals surface area contributed by atoms with E-state index in [1.807, 2.05) is 0 Å². The van der Waals surface area contributed by atoms with Crippen LogP contribution in [0.25, 0.3) is 0 Å². The minimum absolute atomic E-state index is 0.0458. The van der Waals surface area contributed by atoms with Crippen molar-refractivity contribution in [2.24, 2.45) is 0 Å². The van der Waals surface area contributed by atoms with Crippen LogP contribution in [0.5, 0.6) is 0 Å². The molecular weight excluding hydrogens is 213 g/mol. The van der Waals surface area contributed by atoms with Gasteiger partial charge in [0.05, 0.1) is 11.5 Å². The smallest absolute Gasteiger partial charge is 0.305 e. The first-order chi connectivity index (χ1) is 7.59. The van der Waals surface area contributed by atoms with Gasteiger partial charge in [-0.1, -0.05) is 12.5 Å². The highest BCUT2D eigenvalue weighted by molar-refractivity contribution is 5.40. The molecule has 0 saturated heterocycles. The molecule has 0 spiro atoms. The summed E-state index contributed by atoms with van der Waals surface area (Å²) in [5, 5.41) is 19.9. The first-order valence-corrected chi connectivity index (χ1v) is 5.14. The highest BCUT2D eigenvalue weighted by Crippen LogP contribution is 2.44. The standard InChI is InChI=1S/C11H12FNO3/c12-9-3-2-8(6-10(9)13(15)16)11(7-14)4-1-5-11/h2-3,6,14H,1,4-5,7H2. The number of aliphatic hydroxyl groups excluding tert-OH is 1. The van der Waals surface area contributed by atoms with Gasteiger partial charge >= 0.3 is 5.69 Å². The molecule has 0 atom stereocenters. The number of nitro groups is 1. The second kappa shape index (κ2) is 3.83. The molecule has 86 valence electrons. The van der Waals surface area contributed by atoms with Gasteiger partial charge in [-0.25, -0.2) is 0 Å². The summed E-state index contributed by atoms with van der Waals surface area (Å²) in [6.07, 6.45) is 2.59. The second-order valence-corrected chi connectivity index (χ2v) is 4.22. The zero-order chi connectivity index (χ0) is 11.8. The van der Waals surface area contributed by atoms with Crippen LogP contribution < -0.4 is 0 Å². The Labute approximate surface area is 91.9 Å². The minimum atomic E-state index is -0.832. The Morgan fingerprint density at radius 3 is 2.62 bits per heavy atom. The maximum Gasteiger partial charge on any atom is 0.305 e. The van der Waals surface area contributed by atoms with Crippen molar-refractivity contribution in [1.29, 1.82) is 0 Å². The van der Waals surface area contributed by atoms with E-state index >= 15 is 0 Å². The first kappa shape index (κ1) is 11.0. The van der Waals surface area contributed by atoms with Gasteiger partial charge < -0.3 is 5.11 Å². The highest BCUT2D eigenvalue weighted by atomic mass is 19.1. The van der Waals surface area contributed by atoms with Gasteiger partial charge in [-0.3, -0.25) is 10.1 Å². The molecule has 0 radical (unpaired) electrons. The molecule has 1 aromatic carbocycles. The number of nitrogens with zero attached hydrogens (tertiary/aromatic N) is 1. The molecule has 0 heterocycles. The molecule has 0 amide bonds. The van der Waals surface area contributed by atoms with Crippen LogP contribution in [0.2, 0.25) is 0 Å². The van der Waals surface area contributed by atoms with Gasteiger partial charge in [0.15, 0.2) is 0 Å². The number of aliphatic hydroxyl groups is 1. The molecular formula is C11H12FNO3. The molecule has 5 heteroatoms. The molecule has 1 N–H and O–H groups in total. The van der Waals surface area contributed by atoms with Crippen molar-refractivity contribution in [2.75, 3.05) is 6.61 Å². The summed E-state index contributed by atoms with van der Waals surface area (Å²) in [6.45, 7) is -0.0458. The summed E-state index contributed by atoms with van der Waals surface area (Å²) in [6, 6.07) is 3.87. The van der Waals surface area contributed by atoms with Crippen LogP contribution in [0, 0.1) is 15.9 Å². The molecule has 0 aromatic heterocycles. The molecule has 2 rings (SSSR count). The zero-order valence-electron chi connectivity index (χ0n) is 8.65. The summed E-state index contributed by atoms with van der Waals surface area (Å²) >= 11 is 0. The van der Waals surface area contributed by atoms with Gasteiger partial charge in [0.2, 0.25) is 5.82 Å². The maximum absolute atomic E-state index is 13.1. The molecule has 4 nitrogen and oxygen atoms in total. The largest absolute Gasteiger partial charge is 0.395 e. The lowest BCUT2D eigenvalue weighted by atomic mass is 9.65. The van der Waals surface area contributed by atoms with Crippen molar-refractivity contribution in [1.82, 2.24) is 0 Å². The fraction of sp³-hybridized carbons (Fsp3) is 0.455. The lowest BCUT2D eigenvalue weighted by molar-refractivity contribution is -0.387. The Morgan fingerprint density at radius 1 is 1.50 bits per heavy atom. The normalized spacial score (nSPS) is 17.9. The quantitative estimate of drug-likeness (QED) is 0.633. The van der Waals surface area contributed by atoms with Crippen LogP contribution in [0.4, 0.5) is 10.1 Å². The number of halogens is 1. The van der Waals surface area contributed by atoms with Crippen molar-refractivity contribution >= 4 is 5.69 Å². The van der Waals surface area contributed by atoms with Gasteiger partial charge in [-0.05, 0) is 24.5 Å². The van der Waals surface area contributed by atoms with Crippen LogP contribution in [-0.2, 0) is 5.41 Å². The molecule has 1 aliphatic rings. The Balaban J connectivity index is 2.43. The maximum atomic E-state index is 13.1. The van der Waals surface area contributed by atoms with Crippen LogP contribution in [-0.4, -0.2) is 16.6 Å². The average Bonchev–Trinajstić information content (AvgIpc) is 2.19. The average molecular weight is 225 g/mol. The van der Waals surface area contributed by atoms with E-state index in [0.717, 1.165) is 25.3 Å². The summed E-state index contributed by atoms with van der Waals surface area (Å²) < 4.78 is 13.1. The Morgan fingerprint density at radius 2 is 2.19 bits per heavy atom. The van der Waals surface area contributed by atoms with Gasteiger partial charge in [0.1, 0.15) is 0 Å². The van der Waals surface area contributed by atoms with Crippen LogP contribution in [0.1, 0.15) is 24.8 Å². The van der Waals surface area contributed by atoms with Gasteiger partial charge in [0, 0.05) is 11.5 Å². The summed E-state index contributed by atoms with van der Waals surface area (Å²) in [7, 11) is 0. The third-order valence-electron chi connectivity index (χ3n) is 3.37. The second-order valence-electron chi connectivity index (χ2n) is 4.22. The minimum Gasteiger partial charge on any atom is -0.395 e. The van der Waals surface area contributed by atoms with Crippen molar-refractivity contribution in [3.8, 4) is 0 Å². The number of rotatable bonds is 3. The van der Waals surface area contributed by atoms with E-state index in [1.54, 1.807) is 0 Å². The Kier molecular flexibility index (Phi) is 2.63. The van der Waals surface area contributed by atoms with E-state index in [1.165, 1.54) is 12.1 Å². The zero-order valence-corrected chi connectivity index (χ0v) is 8.65. The summed E-state index contributed by atoms with van der Waals surface area (Å²) in [5.74, 6) is -0.832. The van der Waals surface area contributed by atoms with Gasteiger partial charge in [-0.15, -0.1) is 0 Å². The van der Waals surface area contributed by atoms with E-state index in [4.69, 9.17) is 0 Å². The summed E-state index contributed by atoms with van der Waals surface area (Å²) in [4.78, 5) is 9.87. The molecule has 0 aliphatic heterocycles. The van der Waals surface area contributed by atoms with E-state index in [9.17, 15) is 19.6 Å². The lowest BCUT2D eigenvalue weighted by Crippen LogP contribution is -2.37. The molecule has 0 bridgehead atoms. The molecule has 1 aromatic rings. The molecule has 1 aliphatic carbocycles. The van der Waals surface area contributed by atoms with Crippen molar-refractivity contribution in [3.63, 3.8) is 0 Å². The third-order valence-corrected chi connectivity index (χ3v) is 3.37. The van der Waals surface area contributed by atoms with E-state index in [-0.39, 0.29) is 6.61 Å². The van der Waals surface area contributed by atoms with Crippen LogP contribution >= 0.6 is 0 Å². The van der Waals surface area contributed by atoms with E-state index < -0.39 is 21.8 Å². The van der Waals surface area contributed by atoms with Gasteiger partial charge in [-0.2, -0.15) is 4.39 Å². The Bertz CT molecular complexity index is 424. The van der Waals surface area contributed by atoms with Crippen molar-refractivity contribution in [3.05, 3.63) is 39.7 Å². The van der Waals surface area contributed by atoms with Crippen molar-refractivity contribution < 1.29 is 14.4 Å². The monoisotopic (exact) mass is 225 g/mol. The molecule has 1 saturated carbocycles. The summed E-state index contributed by atoms with van der Waals surface area (Å²) in [5.41, 5.74) is -0.245. The molecule has 16 heavy (non-hydrogen) atoms. The fourth-order valence-electron chi connectivity index (χ4n) is 2.12. The molecule has 1 fully saturated rings. The third kappa shape index (κ3) is 1.57. The van der Waals surface area contributed by atoms with E-state index in [0.29, 0.717) is 5.56 Å². The van der Waals surface area contributed by atoms with Crippen LogP contribution in [0.3, 0.4) is 0 Å². The SMILES string of the molecule is O=[N+]([O-])c1cc(C2(CO)CCC2)ccc1F. The molecule has 0 unspecified atom stereocenters. The number of hydrogen-bond donors (Lipinski definition) is 1. The topological polar surface area (TPSA) is 63.4 Å². The number of nitro benzene ring substituents is 1. The number of hydrogen-bond acceptors (Lipinski definition) is 3. The number of benzene rings is 1. The van der Waals surface area contributed by atoms with Crippen molar-refractivity contribution in [2.45, 2.75) is 24.7 Å². The fourth-order valence-corrected chi connectivity index (χ4v) is 2.12. The van der Waals surface area contributed by atoms with Gasteiger partial charge in [0.25, 0.3) is 0 Å².